The van der Waals surface area contributed by atoms with Gasteiger partial charge >= 0.3 is 0 Å². The molecule has 0 aliphatic carbocycles. The molecule has 0 radical (unpaired) electrons. The zero-order chi connectivity index (χ0) is 21.6. The number of aromatic nitrogens is 2. The quantitative estimate of drug-likeness (QED) is 0.592. The van der Waals surface area contributed by atoms with Crippen LogP contribution in [0.3, 0.4) is 0 Å². The highest BCUT2D eigenvalue weighted by atomic mass is 32.1. The van der Waals surface area contributed by atoms with E-state index in [-0.39, 0.29) is 17.9 Å². The van der Waals surface area contributed by atoms with E-state index in [1.54, 1.807) is 12.4 Å². The lowest BCUT2D eigenvalue weighted by atomic mass is 9.84. The van der Waals surface area contributed by atoms with Crippen LogP contribution in [-0.4, -0.2) is 57.8 Å². The predicted molar refractivity (Wildman–Crippen MR) is 121 cm³/mol. The Balaban J connectivity index is 1.48. The summed E-state index contributed by atoms with van der Waals surface area (Å²) < 4.78 is 0. The molecule has 1 atom stereocenters. The van der Waals surface area contributed by atoms with Crippen LogP contribution in [0.25, 0.3) is 0 Å². The Morgan fingerprint density at radius 1 is 1.13 bits per heavy atom. The second kappa shape index (κ2) is 9.83. The molecule has 1 aliphatic heterocycles. The number of carbonyl (C=O) groups excluding carboxylic acids is 2. The van der Waals surface area contributed by atoms with Crippen LogP contribution in [0.15, 0.2) is 66.4 Å². The van der Waals surface area contributed by atoms with Crippen molar-refractivity contribution < 1.29 is 9.59 Å². The number of rotatable bonds is 6. The third-order valence-corrected chi connectivity index (χ3v) is 6.85. The fourth-order valence-electron chi connectivity index (χ4n) is 4.26. The number of hydrogen-bond donors (Lipinski definition) is 0. The van der Waals surface area contributed by atoms with Crippen LogP contribution >= 0.6 is 11.3 Å². The van der Waals surface area contributed by atoms with E-state index in [4.69, 9.17) is 0 Å². The Bertz CT molecular complexity index is 987. The number of nitrogens with zero attached hydrogens (tertiary/aromatic N) is 4. The summed E-state index contributed by atoms with van der Waals surface area (Å²) in [6.07, 6.45) is 7.13. The molecule has 1 saturated heterocycles. The third kappa shape index (κ3) is 4.99. The Hall–Kier alpha value is -3.06. The maximum atomic E-state index is 13.1. The number of likely N-dealkylation sites (N-methyl/N-ethyl adjacent to an activating group) is 1. The van der Waals surface area contributed by atoms with Crippen molar-refractivity contribution in [2.75, 3.05) is 20.1 Å². The molecule has 0 unspecified atom stereocenters. The Labute approximate surface area is 186 Å². The first-order valence-electron chi connectivity index (χ1n) is 10.5. The molecule has 0 saturated carbocycles. The van der Waals surface area contributed by atoms with Crippen molar-refractivity contribution in [3.05, 3.63) is 82.6 Å². The van der Waals surface area contributed by atoms with E-state index in [0.717, 1.165) is 24.1 Å². The highest BCUT2D eigenvalue weighted by Crippen LogP contribution is 2.28. The Morgan fingerprint density at radius 3 is 2.55 bits per heavy atom. The first kappa shape index (κ1) is 21.2. The number of amides is 2. The molecule has 1 aromatic carbocycles. The summed E-state index contributed by atoms with van der Waals surface area (Å²) in [6, 6.07) is 14.2. The fraction of sp³-hybridized carbons (Fsp3) is 0.333. The molecule has 1 aliphatic rings. The van der Waals surface area contributed by atoms with Gasteiger partial charge in [0.15, 0.2) is 0 Å². The number of piperidine rings is 1. The van der Waals surface area contributed by atoms with Crippen molar-refractivity contribution >= 4 is 23.2 Å². The minimum atomic E-state index is -0.0748. The van der Waals surface area contributed by atoms with Crippen molar-refractivity contribution in [3.8, 4) is 0 Å². The minimum Gasteiger partial charge on any atom is -0.337 e. The average molecular weight is 435 g/mol. The SMILES string of the molecule is CN(C(=O)c1cccs1)[C@H](Cc1ccccc1)C1CCN(C(=O)c2cnccn2)CC1. The lowest BCUT2D eigenvalue weighted by molar-refractivity contribution is 0.0522. The summed E-state index contributed by atoms with van der Waals surface area (Å²) >= 11 is 1.47. The second-order valence-electron chi connectivity index (χ2n) is 7.87. The Morgan fingerprint density at radius 2 is 1.90 bits per heavy atom. The van der Waals surface area contributed by atoms with Gasteiger partial charge in [-0.15, -0.1) is 11.3 Å². The molecule has 2 amide bonds. The van der Waals surface area contributed by atoms with E-state index in [0.29, 0.717) is 24.7 Å². The van der Waals surface area contributed by atoms with E-state index in [9.17, 15) is 9.59 Å². The molecular formula is C24H26N4O2S. The molecule has 3 heterocycles. The lowest BCUT2D eigenvalue weighted by Crippen LogP contribution is -2.48. The van der Waals surface area contributed by atoms with Gasteiger partial charge in [-0.25, -0.2) is 4.98 Å². The molecule has 0 bridgehead atoms. The van der Waals surface area contributed by atoms with E-state index in [1.807, 2.05) is 52.6 Å². The summed E-state index contributed by atoms with van der Waals surface area (Å²) in [5.41, 5.74) is 1.60. The fourth-order valence-corrected chi connectivity index (χ4v) is 4.96. The van der Waals surface area contributed by atoms with Crippen molar-refractivity contribution in [1.29, 1.82) is 0 Å². The van der Waals surface area contributed by atoms with Crippen LogP contribution in [0, 0.1) is 5.92 Å². The van der Waals surface area contributed by atoms with Gasteiger partial charge in [0.25, 0.3) is 11.8 Å². The van der Waals surface area contributed by atoms with Gasteiger partial charge in [0, 0.05) is 38.6 Å². The van der Waals surface area contributed by atoms with E-state index in [1.165, 1.54) is 23.1 Å². The van der Waals surface area contributed by atoms with Crippen molar-refractivity contribution in [3.63, 3.8) is 0 Å². The molecule has 4 rings (SSSR count). The first-order valence-corrected chi connectivity index (χ1v) is 11.4. The van der Waals surface area contributed by atoms with Gasteiger partial charge in [0.05, 0.1) is 11.1 Å². The van der Waals surface area contributed by atoms with Crippen LogP contribution in [0.2, 0.25) is 0 Å². The number of hydrogen-bond acceptors (Lipinski definition) is 5. The van der Waals surface area contributed by atoms with Crippen molar-refractivity contribution in [2.45, 2.75) is 25.3 Å². The monoisotopic (exact) mass is 434 g/mol. The van der Waals surface area contributed by atoms with Crippen LogP contribution < -0.4 is 0 Å². The molecular weight excluding hydrogens is 408 g/mol. The molecule has 1 fully saturated rings. The van der Waals surface area contributed by atoms with Gasteiger partial charge in [0.1, 0.15) is 5.69 Å². The molecule has 2 aromatic heterocycles. The maximum Gasteiger partial charge on any atom is 0.274 e. The highest BCUT2D eigenvalue weighted by Gasteiger charge is 2.33. The molecule has 31 heavy (non-hydrogen) atoms. The molecule has 160 valence electrons. The smallest absolute Gasteiger partial charge is 0.274 e. The molecule has 0 spiro atoms. The average Bonchev–Trinajstić information content (AvgIpc) is 3.38. The highest BCUT2D eigenvalue weighted by molar-refractivity contribution is 7.12. The number of benzene rings is 1. The summed E-state index contributed by atoms with van der Waals surface area (Å²) in [5, 5.41) is 1.93. The van der Waals surface area contributed by atoms with Crippen molar-refractivity contribution in [2.24, 2.45) is 5.92 Å². The third-order valence-electron chi connectivity index (χ3n) is 5.99. The van der Waals surface area contributed by atoms with E-state index in [2.05, 4.69) is 22.1 Å². The lowest BCUT2D eigenvalue weighted by Gasteiger charge is -2.40. The summed E-state index contributed by atoms with van der Waals surface area (Å²) in [4.78, 5) is 38.5. The van der Waals surface area contributed by atoms with Gasteiger partial charge in [0.2, 0.25) is 0 Å². The molecule has 3 aromatic rings. The largest absolute Gasteiger partial charge is 0.337 e. The number of likely N-dealkylation sites (tertiary alicyclic amines) is 1. The van der Waals surface area contributed by atoms with Crippen LogP contribution in [0.1, 0.15) is 38.6 Å². The minimum absolute atomic E-state index is 0.0639. The summed E-state index contributed by atoms with van der Waals surface area (Å²) in [7, 11) is 1.91. The van der Waals surface area contributed by atoms with Crippen LogP contribution in [0.5, 0.6) is 0 Å². The van der Waals surface area contributed by atoms with Crippen molar-refractivity contribution in [1.82, 2.24) is 19.8 Å². The normalized spacial score (nSPS) is 15.5. The summed E-state index contributed by atoms with van der Waals surface area (Å²) in [5.74, 6) is 0.309. The first-order chi connectivity index (χ1) is 15.1. The zero-order valence-corrected chi connectivity index (χ0v) is 18.4. The molecule has 7 heteroatoms. The molecule has 6 nitrogen and oxygen atoms in total. The second-order valence-corrected chi connectivity index (χ2v) is 8.82. The predicted octanol–water partition coefficient (Wildman–Crippen LogP) is 3.77. The van der Waals surface area contributed by atoms with Gasteiger partial charge < -0.3 is 9.80 Å². The number of carbonyl (C=O) groups is 2. The van der Waals surface area contributed by atoms with Gasteiger partial charge in [-0.1, -0.05) is 36.4 Å². The van der Waals surface area contributed by atoms with Gasteiger partial charge in [-0.05, 0) is 42.2 Å². The van der Waals surface area contributed by atoms with Crippen LogP contribution in [0.4, 0.5) is 0 Å². The standard InChI is InChI=1S/C24H26N4O2S/c1-27(24(30)22-8-5-15-31-22)21(16-18-6-3-2-4-7-18)19-9-13-28(14-10-19)23(29)20-17-25-11-12-26-20/h2-8,11-12,15,17,19,21H,9-10,13-14,16H2,1H3/t21-/m1/s1. The Kier molecular flexibility index (Phi) is 6.72. The van der Waals surface area contributed by atoms with Gasteiger partial charge in [-0.3, -0.25) is 14.6 Å². The zero-order valence-electron chi connectivity index (χ0n) is 17.6. The van der Waals surface area contributed by atoms with Crippen LogP contribution in [-0.2, 0) is 6.42 Å². The van der Waals surface area contributed by atoms with E-state index >= 15 is 0 Å². The maximum absolute atomic E-state index is 13.1. The molecule has 0 N–H and O–H groups in total. The van der Waals surface area contributed by atoms with E-state index < -0.39 is 0 Å². The topological polar surface area (TPSA) is 66.4 Å². The number of thiophene rings is 1. The van der Waals surface area contributed by atoms with Gasteiger partial charge in [-0.2, -0.15) is 0 Å². The summed E-state index contributed by atoms with van der Waals surface area (Å²) in [6.45, 7) is 1.32.